The van der Waals surface area contributed by atoms with Crippen LogP contribution in [0.5, 0.6) is 17.2 Å². The van der Waals surface area contributed by atoms with Gasteiger partial charge in [0.1, 0.15) is 0 Å². The molecule has 1 N–H and O–H groups in total. The normalized spacial score (nSPS) is 15.1. The van der Waals surface area contributed by atoms with E-state index < -0.39 is 0 Å². The van der Waals surface area contributed by atoms with Crippen molar-refractivity contribution in [3.05, 3.63) is 18.3 Å². The summed E-state index contributed by atoms with van der Waals surface area (Å²) in [6.07, 6.45) is 8.16. The number of methoxy groups -OCH3 is 3. The van der Waals surface area contributed by atoms with Crippen LogP contribution in [-0.4, -0.2) is 42.0 Å². The first-order chi connectivity index (χ1) is 13.2. The van der Waals surface area contributed by atoms with Crippen molar-refractivity contribution in [2.45, 2.75) is 38.1 Å². The molecule has 1 aromatic carbocycles. The van der Waals surface area contributed by atoms with Gasteiger partial charge in [-0.15, -0.1) is 5.10 Å². The molecule has 0 atom stereocenters. The minimum absolute atomic E-state index is 0.513. The molecule has 3 aromatic rings. The molecule has 1 saturated carbocycles. The average Bonchev–Trinajstić information content (AvgIpc) is 3.27. The molecule has 0 aliphatic heterocycles. The third kappa shape index (κ3) is 3.41. The molecule has 2 aromatic heterocycles. The SMILES string of the molecule is COc1cc(-c2cnc3sc(NC4CCCCC4)nn23)cc(OC)c1OC. The molecule has 0 unspecified atom stereocenters. The van der Waals surface area contributed by atoms with Gasteiger partial charge >= 0.3 is 0 Å². The molecule has 1 aliphatic carbocycles. The highest BCUT2D eigenvalue weighted by molar-refractivity contribution is 7.20. The van der Waals surface area contributed by atoms with Crippen molar-refractivity contribution in [3.63, 3.8) is 0 Å². The largest absolute Gasteiger partial charge is 0.493 e. The number of fused-ring (bicyclic) bond motifs is 1. The lowest BCUT2D eigenvalue weighted by Crippen LogP contribution is -2.22. The van der Waals surface area contributed by atoms with Crippen LogP contribution in [0, 0.1) is 0 Å². The molecule has 0 spiro atoms. The van der Waals surface area contributed by atoms with Crippen LogP contribution in [0.4, 0.5) is 5.13 Å². The maximum absolute atomic E-state index is 5.47. The van der Waals surface area contributed by atoms with E-state index in [9.17, 15) is 0 Å². The Hall–Kier alpha value is -2.48. The molecule has 0 saturated heterocycles. The Labute approximate surface area is 162 Å². The van der Waals surface area contributed by atoms with Gasteiger partial charge in [-0.1, -0.05) is 30.6 Å². The van der Waals surface area contributed by atoms with Crippen LogP contribution in [0.2, 0.25) is 0 Å². The maximum atomic E-state index is 5.47. The van der Waals surface area contributed by atoms with Crippen LogP contribution < -0.4 is 19.5 Å². The molecule has 0 radical (unpaired) electrons. The fraction of sp³-hybridized carbons (Fsp3) is 0.474. The van der Waals surface area contributed by atoms with Crippen LogP contribution in [-0.2, 0) is 0 Å². The number of aromatic nitrogens is 3. The summed E-state index contributed by atoms with van der Waals surface area (Å²) in [5, 5.41) is 9.24. The number of imidazole rings is 1. The molecular weight excluding hydrogens is 364 g/mol. The Morgan fingerprint density at radius 3 is 2.37 bits per heavy atom. The standard InChI is InChI=1S/C19H24N4O3S/c1-24-15-9-12(10-16(25-2)17(15)26-3)14-11-20-19-23(14)22-18(27-19)21-13-7-5-4-6-8-13/h9-11,13H,4-8H2,1-3H3,(H,21,22). The first-order valence-electron chi connectivity index (χ1n) is 9.15. The van der Waals surface area contributed by atoms with E-state index in [0.717, 1.165) is 21.3 Å². The predicted octanol–water partition coefficient (Wildman–Crippen LogP) is 4.23. The van der Waals surface area contributed by atoms with E-state index in [-0.39, 0.29) is 0 Å². The van der Waals surface area contributed by atoms with Gasteiger partial charge in [-0.05, 0) is 25.0 Å². The second kappa shape index (κ2) is 7.64. The van der Waals surface area contributed by atoms with E-state index >= 15 is 0 Å². The van der Waals surface area contributed by atoms with E-state index in [1.807, 2.05) is 22.8 Å². The van der Waals surface area contributed by atoms with E-state index in [4.69, 9.17) is 19.3 Å². The lowest BCUT2D eigenvalue weighted by molar-refractivity contribution is 0.324. The summed E-state index contributed by atoms with van der Waals surface area (Å²) in [6, 6.07) is 4.34. The van der Waals surface area contributed by atoms with Crippen molar-refractivity contribution in [2.24, 2.45) is 0 Å². The van der Waals surface area contributed by atoms with Crippen molar-refractivity contribution >= 4 is 21.4 Å². The fourth-order valence-electron chi connectivity index (χ4n) is 3.60. The third-order valence-corrected chi connectivity index (χ3v) is 5.83. The summed E-state index contributed by atoms with van der Waals surface area (Å²) in [7, 11) is 4.82. The molecule has 1 aliphatic rings. The number of nitrogens with one attached hydrogen (secondary N) is 1. The Morgan fingerprint density at radius 1 is 1.04 bits per heavy atom. The number of hydrogen-bond donors (Lipinski definition) is 1. The molecule has 7 nitrogen and oxygen atoms in total. The Morgan fingerprint density at radius 2 is 1.74 bits per heavy atom. The molecule has 0 bridgehead atoms. The van der Waals surface area contributed by atoms with Crippen molar-refractivity contribution in [1.29, 1.82) is 0 Å². The lowest BCUT2D eigenvalue weighted by atomic mass is 9.96. The van der Waals surface area contributed by atoms with Gasteiger partial charge in [0.25, 0.3) is 0 Å². The van der Waals surface area contributed by atoms with Crippen LogP contribution >= 0.6 is 11.3 Å². The smallest absolute Gasteiger partial charge is 0.214 e. The summed E-state index contributed by atoms with van der Waals surface area (Å²) in [4.78, 5) is 5.39. The summed E-state index contributed by atoms with van der Waals surface area (Å²) in [5.74, 6) is 1.79. The molecule has 0 amide bonds. The summed E-state index contributed by atoms with van der Waals surface area (Å²) in [6.45, 7) is 0. The van der Waals surface area contributed by atoms with Gasteiger partial charge in [0.15, 0.2) is 11.5 Å². The van der Waals surface area contributed by atoms with Gasteiger partial charge in [-0.2, -0.15) is 0 Å². The number of benzene rings is 1. The van der Waals surface area contributed by atoms with Gasteiger partial charge in [-0.25, -0.2) is 9.50 Å². The van der Waals surface area contributed by atoms with Crippen molar-refractivity contribution in [2.75, 3.05) is 26.6 Å². The van der Waals surface area contributed by atoms with E-state index in [2.05, 4.69) is 10.3 Å². The van der Waals surface area contributed by atoms with Crippen LogP contribution in [0.25, 0.3) is 16.2 Å². The van der Waals surface area contributed by atoms with E-state index in [1.165, 1.54) is 32.1 Å². The van der Waals surface area contributed by atoms with E-state index in [1.54, 1.807) is 32.7 Å². The molecule has 144 valence electrons. The van der Waals surface area contributed by atoms with Gasteiger partial charge in [-0.3, -0.25) is 0 Å². The minimum Gasteiger partial charge on any atom is -0.493 e. The maximum Gasteiger partial charge on any atom is 0.214 e. The highest BCUT2D eigenvalue weighted by Gasteiger charge is 2.19. The van der Waals surface area contributed by atoms with Crippen molar-refractivity contribution in [1.82, 2.24) is 14.6 Å². The van der Waals surface area contributed by atoms with Gasteiger partial charge < -0.3 is 19.5 Å². The van der Waals surface area contributed by atoms with Gasteiger partial charge in [0, 0.05) is 11.6 Å². The molecule has 27 heavy (non-hydrogen) atoms. The lowest BCUT2D eigenvalue weighted by Gasteiger charge is -2.21. The third-order valence-electron chi connectivity index (χ3n) is 4.98. The second-order valence-electron chi connectivity index (χ2n) is 6.64. The topological polar surface area (TPSA) is 69.9 Å². The zero-order chi connectivity index (χ0) is 18.8. The number of anilines is 1. The average molecular weight is 388 g/mol. The Kier molecular flexibility index (Phi) is 5.07. The molecule has 8 heteroatoms. The summed E-state index contributed by atoms with van der Waals surface area (Å²) >= 11 is 1.58. The zero-order valence-corrected chi connectivity index (χ0v) is 16.6. The predicted molar refractivity (Wildman–Crippen MR) is 106 cm³/mol. The fourth-order valence-corrected chi connectivity index (χ4v) is 4.45. The molecule has 2 heterocycles. The number of rotatable bonds is 6. The monoisotopic (exact) mass is 388 g/mol. The zero-order valence-electron chi connectivity index (χ0n) is 15.8. The quantitative estimate of drug-likeness (QED) is 0.681. The van der Waals surface area contributed by atoms with Crippen LogP contribution in [0.1, 0.15) is 32.1 Å². The second-order valence-corrected chi connectivity index (χ2v) is 7.59. The first kappa shape index (κ1) is 17.9. The van der Waals surface area contributed by atoms with E-state index in [0.29, 0.717) is 23.3 Å². The van der Waals surface area contributed by atoms with Gasteiger partial charge in [0.2, 0.25) is 15.8 Å². The highest BCUT2D eigenvalue weighted by atomic mass is 32.1. The van der Waals surface area contributed by atoms with Crippen LogP contribution in [0.3, 0.4) is 0 Å². The Balaban J connectivity index is 1.69. The molecule has 1 fully saturated rings. The number of nitrogens with zero attached hydrogens (tertiary/aromatic N) is 3. The van der Waals surface area contributed by atoms with Crippen molar-refractivity contribution in [3.8, 4) is 28.5 Å². The minimum atomic E-state index is 0.513. The first-order valence-corrected chi connectivity index (χ1v) is 9.96. The molecule has 4 rings (SSSR count). The van der Waals surface area contributed by atoms with Gasteiger partial charge in [0.05, 0.1) is 33.2 Å². The highest BCUT2D eigenvalue weighted by Crippen LogP contribution is 2.41. The number of hydrogen-bond acceptors (Lipinski definition) is 7. The number of ether oxygens (including phenoxy) is 3. The summed E-state index contributed by atoms with van der Waals surface area (Å²) < 4.78 is 18.2. The van der Waals surface area contributed by atoms with Crippen LogP contribution in [0.15, 0.2) is 18.3 Å². The molecular formula is C19H24N4O3S. The Bertz CT molecular complexity index is 905. The summed E-state index contributed by atoms with van der Waals surface area (Å²) in [5.41, 5.74) is 1.80. The van der Waals surface area contributed by atoms with Crippen molar-refractivity contribution < 1.29 is 14.2 Å².